The van der Waals surface area contributed by atoms with Gasteiger partial charge in [-0.05, 0) is 25.7 Å². The molecule has 3 aliphatic rings. The zero-order chi connectivity index (χ0) is 18.4. The van der Waals surface area contributed by atoms with Gasteiger partial charge in [-0.15, -0.1) is 10.2 Å². The second kappa shape index (κ2) is 6.40. The average Bonchev–Trinajstić information content (AvgIpc) is 3.03. The predicted molar refractivity (Wildman–Crippen MR) is 95.0 cm³/mol. The maximum Gasteiger partial charge on any atom is 0.276 e. The summed E-state index contributed by atoms with van der Waals surface area (Å²) >= 11 is 0. The van der Waals surface area contributed by atoms with E-state index in [1.54, 1.807) is 10.9 Å². The first-order valence-corrected chi connectivity index (χ1v) is 9.79. The Bertz CT molecular complexity index is 836. The molecule has 2 aromatic heterocycles. The molecule has 9 nitrogen and oxygen atoms in total. The summed E-state index contributed by atoms with van der Waals surface area (Å²) in [5, 5.41) is 16.8. The van der Waals surface area contributed by atoms with Crippen molar-refractivity contribution in [1.29, 1.82) is 0 Å². The number of carbonyl (C=O) groups is 1. The van der Waals surface area contributed by atoms with Crippen LogP contribution in [0.2, 0.25) is 0 Å². The molecule has 2 saturated heterocycles. The largest absolute Gasteiger partial charge is 0.380 e. The van der Waals surface area contributed by atoms with Gasteiger partial charge in [0.25, 0.3) is 5.91 Å². The van der Waals surface area contributed by atoms with Gasteiger partial charge in [0.2, 0.25) is 0 Å². The van der Waals surface area contributed by atoms with Crippen molar-refractivity contribution >= 4 is 5.91 Å². The van der Waals surface area contributed by atoms with Crippen LogP contribution in [0.3, 0.4) is 0 Å². The lowest BCUT2D eigenvalue weighted by Crippen LogP contribution is -2.43. The molecule has 9 heteroatoms. The number of nitrogens with zero attached hydrogens (tertiary/aromatic N) is 7. The topological polar surface area (TPSA) is 91.0 Å². The number of hydrogen-bond acceptors (Lipinski definition) is 6. The summed E-state index contributed by atoms with van der Waals surface area (Å²) in [6.45, 7) is 5.78. The third kappa shape index (κ3) is 3.36. The molecule has 27 heavy (non-hydrogen) atoms. The molecule has 1 atom stereocenters. The van der Waals surface area contributed by atoms with Gasteiger partial charge in [-0.2, -0.15) is 0 Å². The van der Waals surface area contributed by atoms with Crippen molar-refractivity contribution in [3.8, 4) is 0 Å². The first kappa shape index (κ1) is 16.9. The summed E-state index contributed by atoms with van der Waals surface area (Å²) < 4.78 is 8.94. The van der Waals surface area contributed by atoms with Crippen LogP contribution in [0.1, 0.15) is 54.7 Å². The molecule has 1 aliphatic carbocycles. The maximum atomic E-state index is 13.0. The minimum Gasteiger partial charge on any atom is -0.380 e. The van der Waals surface area contributed by atoms with E-state index in [-0.39, 0.29) is 17.4 Å². The molecule has 2 aliphatic heterocycles. The molecule has 1 saturated carbocycles. The molecule has 0 bridgehead atoms. The van der Waals surface area contributed by atoms with Gasteiger partial charge in [-0.3, -0.25) is 14.2 Å². The van der Waals surface area contributed by atoms with Crippen LogP contribution in [-0.2, 0) is 17.8 Å². The third-order valence-corrected chi connectivity index (χ3v) is 5.79. The first-order chi connectivity index (χ1) is 13.1. The summed E-state index contributed by atoms with van der Waals surface area (Å²) in [4.78, 5) is 14.9. The molecule has 0 spiro atoms. The molecule has 0 radical (unpaired) electrons. The quantitative estimate of drug-likeness (QED) is 0.755. The van der Waals surface area contributed by atoms with E-state index in [1.807, 2.05) is 15.8 Å². The van der Waals surface area contributed by atoms with Crippen molar-refractivity contribution in [2.45, 2.75) is 57.7 Å². The fraction of sp³-hybridized carbons (Fsp3) is 0.722. The average molecular weight is 371 g/mol. The van der Waals surface area contributed by atoms with Crippen LogP contribution >= 0.6 is 0 Å². The van der Waals surface area contributed by atoms with Crippen molar-refractivity contribution in [2.75, 3.05) is 19.8 Å². The molecule has 3 fully saturated rings. The van der Waals surface area contributed by atoms with Crippen LogP contribution < -0.4 is 0 Å². The Balaban J connectivity index is 1.25. The predicted octanol–water partition coefficient (Wildman–Crippen LogP) is 1.09. The number of aromatic nitrogens is 6. The van der Waals surface area contributed by atoms with Crippen molar-refractivity contribution in [3.05, 3.63) is 23.8 Å². The Morgan fingerprint density at radius 2 is 2.00 bits per heavy atom. The van der Waals surface area contributed by atoms with Gasteiger partial charge in [0.15, 0.2) is 5.69 Å². The second-order valence-electron chi connectivity index (χ2n) is 8.54. The third-order valence-electron chi connectivity index (χ3n) is 5.79. The standard InChI is InChI=1S/C18H25N7O2/c1-18(11-27-12-18)10-24-9-16(20-22-24)17(26)25-6-2-3-14(25)7-23-8-15(19-21-23)13-4-5-13/h8-9,13-14H,2-7,10-12H2,1H3/t14-/m0/s1. The summed E-state index contributed by atoms with van der Waals surface area (Å²) in [7, 11) is 0. The molecule has 144 valence electrons. The Labute approximate surface area is 157 Å². The van der Waals surface area contributed by atoms with Gasteiger partial charge >= 0.3 is 0 Å². The highest BCUT2D eigenvalue weighted by Gasteiger charge is 2.35. The van der Waals surface area contributed by atoms with Crippen LogP contribution in [0.4, 0.5) is 0 Å². The summed E-state index contributed by atoms with van der Waals surface area (Å²) in [6.07, 6.45) is 8.22. The van der Waals surface area contributed by atoms with Crippen LogP contribution in [-0.4, -0.2) is 66.6 Å². The summed E-state index contributed by atoms with van der Waals surface area (Å²) in [6, 6.07) is 0.133. The lowest BCUT2D eigenvalue weighted by Gasteiger charge is -2.37. The van der Waals surface area contributed by atoms with Crippen LogP contribution in [0, 0.1) is 5.41 Å². The van der Waals surface area contributed by atoms with Crippen LogP contribution in [0.25, 0.3) is 0 Å². The first-order valence-electron chi connectivity index (χ1n) is 9.79. The van der Waals surface area contributed by atoms with E-state index in [1.165, 1.54) is 12.8 Å². The monoisotopic (exact) mass is 371 g/mol. The van der Waals surface area contributed by atoms with Crippen molar-refractivity contribution in [1.82, 2.24) is 34.9 Å². The molecule has 1 amide bonds. The highest BCUT2D eigenvalue weighted by molar-refractivity contribution is 5.92. The van der Waals surface area contributed by atoms with Crippen LogP contribution in [0.15, 0.2) is 12.4 Å². The van der Waals surface area contributed by atoms with Gasteiger partial charge in [0.1, 0.15) is 0 Å². The van der Waals surface area contributed by atoms with E-state index in [0.29, 0.717) is 18.2 Å². The molecular weight excluding hydrogens is 346 g/mol. The Kier molecular flexibility index (Phi) is 3.99. The molecule has 0 aromatic carbocycles. The fourth-order valence-electron chi connectivity index (χ4n) is 4.03. The second-order valence-corrected chi connectivity index (χ2v) is 8.54. The number of ether oxygens (including phenoxy) is 1. The SMILES string of the molecule is CC1(Cn2cc(C(=O)N3CCC[C@H]3Cn3cc(C4CC4)nn3)nn2)COC1. The zero-order valence-corrected chi connectivity index (χ0v) is 15.6. The highest BCUT2D eigenvalue weighted by Crippen LogP contribution is 2.38. The van der Waals surface area contributed by atoms with E-state index in [9.17, 15) is 4.79 Å². The van der Waals surface area contributed by atoms with Crippen molar-refractivity contribution in [3.63, 3.8) is 0 Å². The number of rotatable bonds is 6. The van der Waals surface area contributed by atoms with Crippen molar-refractivity contribution < 1.29 is 9.53 Å². The molecule has 0 N–H and O–H groups in total. The fourth-order valence-corrected chi connectivity index (χ4v) is 4.03. The molecule has 2 aromatic rings. The smallest absolute Gasteiger partial charge is 0.276 e. The molecule has 0 unspecified atom stereocenters. The van der Waals surface area contributed by atoms with Gasteiger partial charge in [0.05, 0.1) is 44.2 Å². The zero-order valence-electron chi connectivity index (χ0n) is 15.6. The normalized spacial score (nSPS) is 24.2. The van der Waals surface area contributed by atoms with Gasteiger partial charge in [-0.25, -0.2) is 0 Å². The molecular formula is C18H25N7O2. The van der Waals surface area contributed by atoms with Gasteiger partial charge < -0.3 is 9.64 Å². The van der Waals surface area contributed by atoms with E-state index in [2.05, 4.69) is 27.5 Å². The lowest BCUT2D eigenvalue weighted by molar-refractivity contribution is -0.111. The summed E-state index contributed by atoms with van der Waals surface area (Å²) in [5.41, 5.74) is 1.60. The number of likely N-dealkylation sites (tertiary alicyclic amines) is 1. The Morgan fingerprint density at radius 1 is 1.19 bits per heavy atom. The number of carbonyl (C=O) groups excluding carboxylic acids is 1. The molecule has 5 rings (SSSR count). The number of hydrogen-bond donors (Lipinski definition) is 0. The van der Waals surface area contributed by atoms with Crippen molar-refractivity contribution in [2.24, 2.45) is 5.41 Å². The van der Waals surface area contributed by atoms with E-state index >= 15 is 0 Å². The summed E-state index contributed by atoms with van der Waals surface area (Å²) in [5.74, 6) is 0.555. The Morgan fingerprint density at radius 3 is 2.74 bits per heavy atom. The molecule has 4 heterocycles. The van der Waals surface area contributed by atoms with Gasteiger partial charge in [0, 0.05) is 24.1 Å². The maximum absolute atomic E-state index is 13.0. The Hall–Kier alpha value is -2.29. The van der Waals surface area contributed by atoms with E-state index in [4.69, 9.17) is 4.74 Å². The minimum atomic E-state index is -0.0405. The lowest BCUT2D eigenvalue weighted by atomic mass is 9.89. The highest BCUT2D eigenvalue weighted by atomic mass is 16.5. The minimum absolute atomic E-state index is 0.0405. The van der Waals surface area contributed by atoms with Gasteiger partial charge in [-0.1, -0.05) is 17.4 Å². The van der Waals surface area contributed by atoms with Crippen LogP contribution in [0.5, 0.6) is 0 Å². The van der Waals surface area contributed by atoms with E-state index < -0.39 is 0 Å². The van der Waals surface area contributed by atoms with E-state index in [0.717, 1.165) is 44.8 Å². The number of amides is 1.